The van der Waals surface area contributed by atoms with E-state index in [1.54, 1.807) is 55.1 Å². The molecule has 208 valence electrons. The van der Waals surface area contributed by atoms with Gasteiger partial charge in [-0.15, -0.1) is 0 Å². The molecule has 2 aromatic carbocycles. The summed E-state index contributed by atoms with van der Waals surface area (Å²) in [5, 5.41) is 7.14. The summed E-state index contributed by atoms with van der Waals surface area (Å²) in [6.07, 6.45) is -4.23. The van der Waals surface area contributed by atoms with E-state index in [2.05, 4.69) is 15.4 Å². The summed E-state index contributed by atoms with van der Waals surface area (Å²) in [5.41, 5.74) is 4.39. The number of nitrogens with zero attached hydrogens (tertiary/aromatic N) is 3. The first-order chi connectivity index (χ1) is 19.0. The maximum atomic E-state index is 13.1. The Hall–Kier alpha value is -4.47. The van der Waals surface area contributed by atoms with Crippen LogP contribution >= 0.6 is 0 Å². The van der Waals surface area contributed by atoms with Crippen molar-refractivity contribution in [2.24, 2.45) is 0 Å². The number of ketones is 1. The Labute approximate surface area is 230 Å². The third kappa shape index (κ3) is 6.56. The van der Waals surface area contributed by atoms with Crippen LogP contribution in [0.2, 0.25) is 0 Å². The van der Waals surface area contributed by atoms with E-state index in [4.69, 9.17) is 4.74 Å². The van der Waals surface area contributed by atoms with E-state index in [-0.39, 0.29) is 24.7 Å². The molecule has 7 nitrogen and oxygen atoms in total. The molecule has 1 N–H and O–H groups in total. The molecule has 0 saturated heterocycles. The van der Waals surface area contributed by atoms with Crippen LogP contribution in [0.3, 0.4) is 0 Å². The molecule has 0 atom stereocenters. The lowest BCUT2D eigenvalue weighted by Crippen LogP contribution is -2.20. The highest BCUT2D eigenvalue weighted by molar-refractivity contribution is 5.97. The number of aromatic nitrogens is 3. The maximum Gasteiger partial charge on any atom is 0.416 e. The van der Waals surface area contributed by atoms with E-state index in [0.29, 0.717) is 34.8 Å². The van der Waals surface area contributed by atoms with Gasteiger partial charge in [0.15, 0.2) is 5.78 Å². The van der Waals surface area contributed by atoms with Crippen molar-refractivity contribution in [3.63, 3.8) is 0 Å². The van der Waals surface area contributed by atoms with Crippen LogP contribution in [0.4, 0.5) is 13.2 Å². The molecule has 10 heteroatoms. The largest absolute Gasteiger partial charge is 0.489 e. The van der Waals surface area contributed by atoms with E-state index in [9.17, 15) is 22.8 Å². The molecule has 2 heterocycles. The van der Waals surface area contributed by atoms with Crippen LogP contribution in [0.25, 0.3) is 0 Å². The predicted octanol–water partition coefficient (Wildman–Crippen LogP) is 5.63. The number of carbonyl (C=O) groups is 2. The Kier molecular flexibility index (Phi) is 8.37. The van der Waals surface area contributed by atoms with Crippen molar-refractivity contribution in [3.8, 4) is 5.75 Å². The SMILES string of the molecule is CNC(=O)c1cccc(Cn2nc(C)c(CC(=O)c3ccc(COc4ccc(C(F)(F)F)cc4C)cc3)c2C)n1. The molecule has 0 fully saturated rings. The number of amides is 1. The van der Waals surface area contributed by atoms with Crippen LogP contribution in [-0.2, 0) is 25.7 Å². The molecular formula is C30H29F3N4O3. The van der Waals surface area contributed by atoms with Gasteiger partial charge < -0.3 is 10.1 Å². The van der Waals surface area contributed by atoms with Gasteiger partial charge in [0.05, 0.1) is 23.5 Å². The minimum Gasteiger partial charge on any atom is -0.489 e. The van der Waals surface area contributed by atoms with E-state index in [1.807, 2.05) is 19.9 Å². The highest BCUT2D eigenvalue weighted by atomic mass is 19.4. The van der Waals surface area contributed by atoms with Crippen molar-refractivity contribution < 1.29 is 27.5 Å². The zero-order chi connectivity index (χ0) is 29.0. The van der Waals surface area contributed by atoms with Crippen LogP contribution in [0.5, 0.6) is 5.75 Å². The fourth-order valence-electron chi connectivity index (χ4n) is 4.32. The number of hydrogen-bond donors (Lipinski definition) is 1. The fraction of sp³-hybridized carbons (Fsp3) is 0.267. The zero-order valence-corrected chi connectivity index (χ0v) is 22.6. The first-order valence-electron chi connectivity index (χ1n) is 12.6. The highest BCUT2D eigenvalue weighted by Crippen LogP contribution is 2.32. The van der Waals surface area contributed by atoms with Crippen molar-refractivity contribution in [2.75, 3.05) is 7.05 Å². The lowest BCUT2D eigenvalue weighted by Gasteiger charge is -2.12. The van der Waals surface area contributed by atoms with Crippen molar-refractivity contribution in [1.29, 1.82) is 0 Å². The normalized spacial score (nSPS) is 11.4. The molecule has 0 radical (unpaired) electrons. The van der Waals surface area contributed by atoms with Crippen LogP contribution in [0, 0.1) is 20.8 Å². The molecule has 0 bridgehead atoms. The molecule has 4 aromatic rings. The van der Waals surface area contributed by atoms with Gasteiger partial charge in [-0.1, -0.05) is 30.3 Å². The number of aryl methyl sites for hydroxylation is 2. The van der Waals surface area contributed by atoms with Crippen LogP contribution in [0.1, 0.15) is 60.2 Å². The van der Waals surface area contributed by atoms with E-state index in [0.717, 1.165) is 34.6 Å². The van der Waals surface area contributed by atoms with Gasteiger partial charge >= 0.3 is 6.18 Å². The van der Waals surface area contributed by atoms with Gasteiger partial charge in [0.2, 0.25) is 0 Å². The number of benzene rings is 2. The summed E-state index contributed by atoms with van der Waals surface area (Å²) >= 11 is 0. The number of carbonyl (C=O) groups excluding carboxylic acids is 2. The molecule has 2 aromatic heterocycles. The lowest BCUT2D eigenvalue weighted by molar-refractivity contribution is -0.137. The maximum absolute atomic E-state index is 13.1. The third-order valence-corrected chi connectivity index (χ3v) is 6.62. The number of hydrogen-bond acceptors (Lipinski definition) is 5. The van der Waals surface area contributed by atoms with Gasteiger partial charge in [-0.25, -0.2) is 4.98 Å². The van der Waals surface area contributed by atoms with Gasteiger partial charge in [0.1, 0.15) is 18.1 Å². The number of Topliss-reactive ketones (excluding diaryl/α,β-unsaturated/α-hetero) is 1. The zero-order valence-electron chi connectivity index (χ0n) is 22.6. The van der Waals surface area contributed by atoms with Gasteiger partial charge in [0, 0.05) is 30.3 Å². The Bertz CT molecular complexity index is 1540. The second kappa shape index (κ2) is 11.7. The Balaban J connectivity index is 1.40. The van der Waals surface area contributed by atoms with Crippen molar-refractivity contribution in [1.82, 2.24) is 20.1 Å². The number of ether oxygens (including phenoxy) is 1. The smallest absolute Gasteiger partial charge is 0.416 e. The molecule has 0 spiro atoms. The number of alkyl halides is 3. The van der Waals surface area contributed by atoms with Crippen molar-refractivity contribution in [2.45, 2.75) is 46.5 Å². The number of halogens is 3. The first kappa shape index (κ1) is 28.5. The number of rotatable bonds is 9. The van der Waals surface area contributed by atoms with Gasteiger partial charge in [-0.05, 0) is 62.2 Å². The monoisotopic (exact) mass is 550 g/mol. The average molecular weight is 551 g/mol. The third-order valence-electron chi connectivity index (χ3n) is 6.62. The summed E-state index contributed by atoms with van der Waals surface area (Å²) in [6, 6.07) is 15.5. The summed E-state index contributed by atoms with van der Waals surface area (Å²) < 4.78 is 46.1. The standard InChI is InChI=1S/C30H29F3N4O3/c1-18-14-23(30(31,32)33)12-13-28(18)40-17-21-8-10-22(11-9-21)27(38)15-25-19(2)36-37(20(25)3)16-24-6-5-7-26(35-24)29(39)34-4/h5-14H,15-17H2,1-4H3,(H,34,39). The molecule has 4 rings (SSSR count). The van der Waals surface area contributed by atoms with E-state index < -0.39 is 11.7 Å². The summed E-state index contributed by atoms with van der Waals surface area (Å²) in [5.74, 6) is 0.0250. The Morgan fingerprint density at radius 3 is 2.38 bits per heavy atom. The molecule has 40 heavy (non-hydrogen) atoms. The summed E-state index contributed by atoms with van der Waals surface area (Å²) in [4.78, 5) is 29.4. The molecule has 0 aliphatic heterocycles. The van der Waals surface area contributed by atoms with Gasteiger partial charge in [0.25, 0.3) is 5.91 Å². The second-order valence-electron chi connectivity index (χ2n) is 9.46. The van der Waals surface area contributed by atoms with Crippen LogP contribution in [-0.4, -0.2) is 33.5 Å². The van der Waals surface area contributed by atoms with E-state index >= 15 is 0 Å². The molecule has 0 saturated carbocycles. The minimum absolute atomic E-state index is 0.0726. The average Bonchev–Trinajstić information content (AvgIpc) is 3.18. The van der Waals surface area contributed by atoms with Crippen molar-refractivity contribution in [3.05, 3.63) is 111 Å². The first-order valence-corrected chi connectivity index (χ1v) is 12.6. The number of nitrogens with one attached hydrogen (secondary N) is 1. The highest BCUT2D eigenvalue weighted by Gasteiger charge is 2.30. The molecule has 0 unspecified atom stereocenters. The summed E-state index contributed by atoms with van der Waals surface area (Å²) in [7, 11) is 1.55. The minimum atomic E-state index is -4.40. The molecule has 1 amide bonds. The quantitative estimate of drug-likeness (QED) is 0.273. The Morgan fingerprint density at radius 2 is 1.73 bits per heavy atom. The molecule has 0 aliphatic carbocycles. The summed E-state index contributed by atoms with van der Waals surface area (Å²) in [6.45, 7) is 5.83. The van der Waals surface area contributed by atoms with Gasteiger partial charge in [-0.2, -0.15) is 18.3 Å². The van der Waals surface area contributed by atoms with Crippen LogP contribution < -0.4 is 10.1 Å². The number of pyridine rings is 1. The van der Waals surface area contributed by atoms with E-state index in [1.165, 1.54) is 6.07 Å². The van der Waals surface area contributed by atoms with Crippen molar-refractivity contribution >= 4 is 11.7 Å². The Morgan fingerprint density at radius 1 is 1.00 bits per heavy atom. The second-order valence-corrected chi connectivity index (χ2v) is 9.46. The lowest BCUT2D eigenvalue weighted by atomic mass is 10.0. The molecular weight excluding hydrogens is 521 g/mol. The molecule has 0 aliphatic rings. The van der Waals surface area contributed by atoms with Gasteiger partial charge in [-0.3, -0.25) is 14.3 Å². The fourth-order valence-corrected chi connectivity index (χ4v) is 4.32. The predicted molar refractivity (Wildman–Crippen MR) is 143 cm³/mol. The topological polar surface area (TPSA) is 86.1 Å². The van der Waals surface area contributed by atoms with Crippen LogP contribution in [0.15, 0.2) is 60.7 Å².